The van der Waals surface area contributed by atoms with Gasteiger partial charge in [-0.25, -0.2) is 9.07 Å². The molecule has 2 aliphatic rings. The third kappa shape index (κ3) is 3.49. The fourth-order valence-electron chi connectivity index (χ4n) is 3.99. The molecule has 1 aromatic carbocycles. The quantitative estimate of drug-likeness (QED) is 0.895. The maximum Gasteiger partial charge on any atom is 0.255 e. The molecule has 4 rings (SSSR count). The van der Waals surface area contributed by atoms with Crippen LogP contribution in [0.5, 0.6) is 0 Å². The minimum atomic E-state index is -0.422. The molecule has 2 fully saturated rings. The zero-order chi connectivity index (χ0) is 19.0. The van der Waals surface area contributed by atoms with Crippen LogP contribution in [0.4, 0.5) is 4.39 Å². The molecule has 1 aliphatic heterocycles. The molecule has 0 bridgehead atoms. The first-order chi connectivity index (χ1) is 13.0. The average molecular weight is 373 g/mol. The van der Waals surface area contributed by atoms with Crippen molar-refractivity contribution in [2.75, 3.05) is 13.2 Å². The molecule has 2 aromatic rings. The minimum absolute atomic E-state index is 0.125. The summed E-state index contributed by atoms with van der Waals surface area (Å²) < 4.78 is 26.7. The summed E-state index contributed by atoms with van der Waals surface area (Å²) in [5.74, 6) is -0.916. The number of carbonyl (C=O) groups is 1. The molecule has 144 valence electrons. The zero-order valence-electron chi connectivity index (χ0n) is 15.6. The van der Waals surface area contributed by atoms with Gasteiger partial charge in [0.15, 0.2) is 5.79 Å². The summed E-state index contributed by atoms with van der Waals surface area (Å²) in [7, 11) is 0. The predicted octanol–water partition coefficient (Wildman–Crippen LogP) is 3.04. The normalized spacial score (nSPS) is 21.1. The summed E-state index contributed by atoms with van der Waals surface area (Å²) in [6.07, 6.45) is 3.99. The van der Waals surface area contributed by atoms with Gasteiger partial charge in [-0.05, 0) is 51.0 Å². The number of ether oxygens (including phenoxy) is 2. The number of aromatic nitrogens is 2. The predicted molar refractivity (Wildman–Crippen MR) is 97.4 cm³/mol. The van der Waals surface area contributed by atoms with Crippen molar-refractivity contribution < 1.29 is 18.7 Å². The van der Waals surface area contributed by atoms with E-state index < -0.39 is 5.79 Å². The highest BCUT2D eigenvalue weighted by Crippen LogP contribution is 2.39. The number of hydrogen-bond acceptors (Lipinski definition) is 4. The fourth-order valence-corrected chi connectivity index (χ4v) is 3.99. The van der Waals surface area contributed by atoms with Crippen LogP contribution in [-0.2, 0) is 9.47 Å². The van der Waals surface area contributed by atoms with Crippen LogP contribution in [-0.4, -0.2) is 40.7 Å². The molecule has 2 heterocycles. The number of nitrogens with one attached hydrogen (secondary N) is 1. The molecular formula is C20H24FN3O3. The number of hydrogen-bond donors (Lipinski definition) is 1. The van der Waals surface area contributed by atoms with Crippen LogP contribution >= 0.6 is 0 Å². The number of aryl methyl sites for hydroxylation is 1. The molecular weight excluding hydrogens is 349 g/mol. The summed E-state index contributed by atoms with van der Waals surface area (Å²) >= 11 is 0. The zero-order valence-corrected chi connectivity index (χ0v) is 15.6. The number of halogens is 1. The van der Waals surface area contributed by atoms with Crippen LogP contribution in [0.1, 0.15) is 47.4 Å². The first kappa shape index (κ1) is 18.1. The van der Waals surface area contributed by atoms with E-state index in [2.05, 4.69) is 10.4 Å². The van der Waals surface area contributed by atoms with E-state index in [1.54, 1.807) is 23.7 Å². The fraction of sp³-hybridized carbons (Fsp3) is 0.500. The van der Waals surface area contributed by atoms with Crippen LogP contribution in [0.2, 0.25) is 0 Å². The van der Waals surface area contributed by atoms with E-state index in [0.717, 1.165) is 25.7 Å². The van der Waals surface area contributed by atoms with Crippen molar-refractivity contribution in [1.29, 1.82) is 0 Å². The Labute approximate surface area is 157 Å². The number of benzene rings is 1. The summed E-state index contributed by atoms with van der Waals surface area (Å²) in [6, 6.07) is 6.03. The second kappa shape index (κ2) is 7.05. The van der Waals surface area contributed by atoms with Crippen molar-refractivity contribution in [2.45, 2.75) is 51.4 Å². The van der Waals surface area contributed by atoms with E-state index in [1.807, 2.05) is 6.92 Å². The Balaban J connectivity index is 1.44. The maximum atomic E-state index is 13.2. The molecule has 7 heteroatoms. The van der Waals surface area contributed by atoms with E-state index in [9.17, 15) is 9.18 Å². The Morgan fingerprint density at radius 3 is 2.70 bits per heavy atom. The first-order valence-electron chi connectivity index (χ1n) is 9.40. The van der Waals surface area contributed by atoms with E-state index >= 15 is 0 Å². The lowest BCUT2D eigenvalue weighted by Crippen LogP contribution is -2.35. The lowest BCUT2D eigenvalue weighted by molar-refractivity contribution is -0.161. The van der Waals surface area contributed by atoms with Gasteiger partial charge >= 0.3 is 0 Å². The molecule has 1 saturated carbocycles. The molecule has 1 amide bonds. The summed E-state index contributed by atoms with van der Waals surface area (Å²) in [4.78, 5) is 12.7. The Morgan fingerprint density at radius 2 is 2.00 bits per heavy atom. The second-order valence-corrected chi connectivity index (χ2v) is 7.31. The van der Waals surface area contributed by atoms with Crippen molar-refractivity contribution in [2.24, 2.45) is 0 Å². The highest BCUT2D eigenvalue weighted by molar-refractivity contribution is 5.96. The standard InChI is InChI=1S/C20H24FN3O3/c1-13-18(14(2)24(23-13)16-7-5-15(21)6-8-16)19(25)22-11-17-12-26-20(27-17)9-3-4-10-20/h5-8,17H,3-4,9-12H2,1-2H3,(H,22,25)/t17-/m0/s1. The van der Waals surface area contributed by atoms with Crippen molar-refractivity contribution in [3.05, 3.63) is 47.0 Å². The number of nitrogens with zero attached hydrogens (tertiary/aromatic N) is 2. The van der Waals surface area contributed by atoms with Crippen molar-refractivity contribution in [1.82, 2.24) is 15.1 Å². The van der Waals surface area contributed by atoms with Gasteiger partial charge in [0.25, 0.3) is 5.91 Å². The third-order valence-electron chi connectivity index (χ3n) is 5.36. The number of rotatable bonds is 4. The molecule has 1 atom stereocenters. The van der Waals surface area contributed by atoms with Crippen LogP contribution in [0, 0.1) is 19.7 Å². The maximum absolute atomic E-state index is 13.2. The SMILES string of the molecule is Cc1nn(-c2ccc(F)cc2)c(C)c1C(=O)NC[C@H]1COC2(CCCC2)O1. The minimum Gasteiger partial charge on any atom is -0.349 e. The highest BCUT2D eigenvalue weighted by atomic mass is 19.1. The molecule has 1 aliphatic carbocycles. The van der Waals surface area contributed by atoms with E-state index in [-0.39, 0.29) is 17.8 Å². The third-order valence-corrected chi connectivity index (χ3v) is 5.36. The molecule has 1 aromatic heterocycles. The summed E-state index contributed by atoms with van der Waals surface area (Å²) in [5, 5.41) is 7.39. The smallest absolute Gasteiger partial charge is 0.255 e. The first-order valence-corrected chi connectivity index (χ1v) is 9.40. The molecule has 6 nitrogen and oxygen atoms in total. The Hall–Kier alpha value is -2.25. The van der Waals surface area contributed by atoms with E-state index in [0.29, 0.717) is 35.8 Å². The van der Waals surface area contributed by atoms with Gasteiger partial charge in [-0.2, -0.15) is 5.10 Å². The molecule has 1 spiro atoms. The molecule has 1 saturated heterocycles. The van der Waals surface area contributed by atoms with Gasteiger partial charge in [-0.15, -0.1) is 0 Å². The van der Waals surface area contributed by atoms with Gasteiger partial charge in [0.05, 0.1) is 29.2 Å². The number of carbonyl (C=O) groups excluding carboxylic acids is 1. The van der Waals surface area contributed by atoms with Crippen LogP contribution in [0.15, 0.2) is 24.3 Å². The van der Waals surface area contributed by atoms with E-state index in [4.69, 9.17) is 9.47 Å². The Morgan fingerprint density at radius 1 is 1.30 bits per heavy atom. The van der Waals surface area contributed by atoms with Gasteiger partial charge < -0.3 is 14.8 Å². The van der Waals surface area contributed by atoms with Crippen LogP contribution in [0.25, 0.3) is 5.69 Å². The topological polar surface area (TPSA) is 65.4 Å². The lowest BCUT2D eigenvalue weighted by atomic mass is 10.1. The highest BCUT2D eigenvalue weighted by Gasteiger charge is 2.43. The molecule has 0 radical (unpaired) electrons. The Bertz CT molecular complexity index is 841. The van der Waals surface area contributed by atoms with Crippen LogP contribution < -0.4 is 5.32 Å². The van der Waals surface area contributed by atoms with Gasteiger partial charge in [0.1, 0.15) is 11.9 Å². The largest absolute Gasteiger partial charge is 0.349 e. The number of amides is 1. The second-order valence-electron chi connectivity index (χ2n) is 7.31. The Kier molecular flexibility index (Phi) is 4.74. The van der Waals surface area contributed by atoms with Gasteiger partial charge in [0.2, 0.25) is 0 Å². The van der Waals surface area contributed by atoms with Crippen LogP contribution in [0.3, 0.4) is 0 Å². The molecule has 0 unspecified atom stereocenters. The molecule has 1 N–H and O–H groups in total. The lowest BCUT2D eigenvalue weighted by Gasteiger charge is -2.21. The average Bonchev–Trinajstić information content (AvgIpc) is 3.35. The van der Waals surface area contributed by atoms with Crippen molar-refractivity contribution in [3.8, 4) is 5.69 Å². The van der Waals surface area contributed by atoms with Gasteiger partial charge in [0, 0.05) is 19.4 Å². The van der Waals surface area contributed by atoms with Gasteiger partial charge in [-0.3, -0.25) is 4.79 Å². The van der Waals surface area contributed by atoms with E-state index in [1.165, 1.54) is 12.1 Å². The van der Waals surface area contributed by atoms with Crippen molar-refractivity contribution >= 4 is 5.91 Å². The molecule has 27 heavy (non-hydrogen) atoms. The van der Waals surface area contributed by atoms with Gasteiger partial charge in [-0.1, -0.05) is 0 Å². The monoisotopic (exact) mass is 373 g/mol. The van der Waals surface area contributed by atoms with Crippen molar-refractivity contribution in [3.63, 3.8) is 0 Å². The summed E-state index contributed by atoms with van der Waals surface area (Å²) in [6.45, 7) is 4.54. The summed E-state index contributed by atoms with van der Waals surface area (Å²) in [5.41, 5.74) is 2.60.